The van der Waals surface area contributed by atoms with Gasteiger partial charge >= 0.3 is 0 Å². The van der Waals surface area contributed by atoms with Crippen LogP contribution in [0.3, 0.4) is 0 Å². The van der Waals surface area contributed by atoms with E-state index in [1.54, 1.807) is 0 Å². The second-order valence-corrected chi connectivity index (χ2v) is 14.1. The fraction of sp³-hybridized carbons (Fsp3) is 0.0377. The van der Waals surface area contributed by atoms with Gasteiger partial charge in [0.1, 0.15) is 0 Å². The zero-order valence-corrected chi connectivity index (χ0v) is 31.6. The second-order valence-electron chi connectivity index (χ2n) is 14.1. The molecule has 0 unspecified atom stereocenters. The van der Waals surface area contributed by atoms with E-state index in [0.717, 1.165) is 80.6 Å². The van der Waals surface area contributed by atoms with Crippen molar-refractivity contribution in [3.05, 3.63) is 237 Å². The molecule has 1 aromatic heterocycles. The fourth-order valence-electron chi connectivity index (χ4n) is 7.62. The summed E-state index contributed by atoms with van der Waals surface area (Å²) in [6.07, 6.45) is 12.6. The predicted molar refractivity (Wildman–Crippen MR) is 240 cm³/mol. The molecule has 7 aromatic carbocycles. The van der Waals surface area contributed by atoms with Gasteiger partial charge in [0.25, 0.3) is 0 Å². The molecule has 9 rings (SSSR count). The SMILES string of the molecule is C1=CCCC(N(c2ccccc2)c2cc(-c3cncc(-c4ccc(N(c5ccccc5)c5ccccc5)cc4)c3)cc(N(c3ccccc3)c3ccccc3)c2)=C1. The average Bonchev–Trinajstić information content (AvgIpc) is 3.29. The Balaban J connectivity index is 1.16. The lowest BCUT2D eigenvalue weighted by molar-refractivity contribution is 0.917. The topological polar surface area (TPSA) is 22.6 Å². The first-order chi connectivity index (χ1) is 28.3. The van der Waals surface area contributed by atoms with E-state index in [9.17, 15) is 0 Å². The molecular weight excluding hydrogens is 693 g/mol. The van der Waals surface area contributed by atoms with Crippen molar-refractivity contribution in [2.75, 3.05) is 14.7 Å². The van der Waals surface area contributed by atoms with E-state index in [1.165, 1.54) is 5.70 Å². The van der Waals surface area contributed by atoms with Crippen LogP contribution < -0.4 is 14.7 Å². The van der Waals surface area contributed by atoms with Crippen LogP contribution >= 0.6 is 0 Å². The van der Waals surface area contributed by atoms with Crippen molar-refractivity contribution in [3.63, 3.8) is 0 Å². The minimum Gasteiger partial charge on any atom is -0.314 e. The molecule has 0 saturated heterocycles. The van der Waals surface area contributed by atoms with Crippen molar-refractivity contribution in [3.8, 4) is 22.3 Å². The van der Waals surface area contributed by atoms with Crippen LogP contribution in [0, 0.1) is 0 Å². The highest BCUT2D eigenvalue weighted by Crippen LogP contribution is 2.43. The highest BCUT2D eigenvalue weighted by atomic mass is 15.2. The molecule has 0 aliphatic heterocycles. The maximum absolute atomic E-state index is 4.85. The van der Waals surface area contributed by atoms with Gasteiger partial charge < -0.3 is 14.7 Å². The molecule has 0 atom stereocenters. The molecule has 0 radical (unpaired) electrons. The standard InChI is InChI=1S/C53H42N4/c1-7-19-45(20-8-1)55(46-21-9-2-10-22-46)51-33-31-41(32-34-51)43-35-44(40-54-39-43)42-36-52(56(47-23-11-3-12-24-47)48-25-13-4-14-26-48)38-53(37-42)57(49-27-15-5-16-28-49)50-29-17-6-18-30-50/h1-17,19-29,31-40H,18,30H2. The summed E-state index contributed by atoms with van der Waals surface area (Å²) in [4.78, 5) is 11.9. The molecule has 274 valence electrons. The van der Waals surface area contributed by atoms with Crippen molar-refractivity contribution in [1.82, 2.24) is 4.98 Å². The Labute approximate surface area is 335 Å². The Morgan fingerprint density at radius 3 is 1.19 bits per heavy atom. The number of pyridine rings is 1. The van der Waals surface area contributed by atoms with Gasteiger partial charge in [-0.2, -0.15) is 0 Å². The van der Waals surface area contributed by atoms with Gasteiger partial charge in [-0.3, -0.25) is 4.98 Å². The van der Waals surface area contributed by atoms with Crippen LogP contribution in [0.25, 0.3) is 22.3 Å². The van der Waals surface area contributed by atoms with E-state index in [-0.39, 0.29) is 0 Å². The summed E-state index contributed by atoms with van der Waals surface area (Å²) in [5.41, 5.74) is 14.3. The fourth-order valence-corrected chi connectivity index (χ4v) is 7.62. The van der Waals surface area contributed by atoms with Crippen molar-refractivity contribution >= 4 is 45.5 Å². The number of nitrogens with zero attached hydrogens (tertiary/aromatic N) is 4. The lowest BCUT2D eigenvalue weighted by Crippen LogP contribution is -2.18. The smallest absolute Gasteiger partial charge is 0.0488 e. The second kappa shape index (κ2) is 16.5. The lowest BCUT2D eigenvalue weighted by atomic mass is 9.99. The van der Waals surface area contributed by atoms with E-state index in [4.69, 9.17) is 4.98 Å². The Morgan fingerprint density at radius 2 is 0.737 bits per heavy atom. The van der Waals surface area contributed by atoms with Crippen LogP contribution in [-0.4, -0.2) is 4.98 Å². The van der Waals surface area contributed by atoms with Crippen LogP contribution in [0.1, 0.15) is 12.8 Å². The predicted octanol–water partition coefficient (Wildman–Crippen LogP) is 14.7. The first kappa shape index (κ1) is 35.3. The minimum absolute atomic E-state index is 0.949. The molecule has 0 fully saturated rings. The van der Waals surface area contributed by atoms with Crippen LogP contribution in [0.2, 0.25) is 0 Å². The molecule has 0 bridgehead atoms. The number of para-hydroxylation sites is 5. The maximum atomic E-state index is 4.85. The number of allylic oxidation sites excluding steroid dienone is 4. The summed E-state index contributed by atoms with van der Waals surface area (Å²) >= 11 is 0. The third-order valence-electron chi connectivity index (χ3n) is 10.3. The summed E-state index contributed by atoms with van der Waals surface area (Å²) in [6, 6.07) is 70.9. The lowest BCUT2D eigenvalue weighted by Gasteiger charge is -2.32. The van der Waals surface area contributed by atoms with Crippen LogP contribution in [-0.2, 0) is 0 Å². The minimum atomic E-state index is 0.949. The van der Waals surface area contributed by atoms with Gasteiger partial charge in [0, 0.05) is 74.7 Å². The maximum Gasteiger partial charge on any atom is 0.0488 e. The summed E-state index contributed by atoms with van der Waals surface area (Å²) in [5.74, 6) is 0. The first-order valence-electron chi connectivity index (χ1n) is 19.5. The zero-order chi connectivity index (χ0) is 38.2. The Kier molecular flexibility index (Phi) is 10.2. The molecule has 8 aromatic rings. The van der Waals surface area contributed by atoms with E-state index in [1.807, 2.05) is 12.4 Å². The molecule has 1 heterocycles. The van der Waals surface area contributed by atoms with E-state index < -0.39 is 0 Å². The molecule has 1 aliphatic rings. The summed E-state index contributed by atoms with van der Waals surface area (Å²) < 4.78 is 0. The molecule has 4 heteroatoms. The van der Waals surface area contributed by atoms with Gasteiger partial charge in [-0.15, -0.1) is 0 Å². The monoisotopic (exact) mass is 734 g/mol. The van der Waals surface area contributed by atoms with E-state index >= 15 is 0 Å². The third kappa shape index (κ3) is 7.75. The summed E-state index contributed by atoms with van der Waals surface area (Å²) in [5, 5.41) is 0. The van der Waals surface area contributed by atoms with Gasteiger partial charge in [0.2, 0.25) is 0 Å². The van der Waals surface area contributed by atoms with Crippen LogP contribution in [0.5, 0.6) is 0 Å². The van der Waals surface area contributed by atoms with Gasteiger partial charge in [0.05, 0.1) is 0 Å². The van der Waals surface area contributed by atoms with Gasteiger partial charge in [0.15, 0.2) is 0 Å². The van der Waals surface area contributed by atoms with Crippen LogP contribution in [0.15, 0.2) is 237 Å². The van der Waals surface area contributed by atoms with Gasteiger partial charge in [-0.05, 0) is 127 Å². The summed E-state index contributed by atoms with van der Waals surface area (Å²) in [7, 11) is 0. The normalized spacial score (nSPS) is 12.1. The molecule has 0 spiro atoms. The number of aromatic nitrogens is 1. The number of hydrogen-bond donors (Lipinski definition) is 0. The Morgan fingerprint density at radius 1 is 0.333 bits per heavy atom. The molecule has 0 saturated carbocycles. The molecule has 1 aliphatic carbocycles. The molecule has 4 nitrogen and oxygen atoms in total. The summed E-state index contributed by atoms with van der Waals surface area (Å²) in [6.45, 7) is 0. The number of rotatable bonds is 11. The van der Waals surface area contributed by atoms with Crippen molar-refractivity contribution in [2.45, 2.75) is 12.8 Å². The highest BCUT2D eigenvalue weighted by Gasteiger charge is 2.21. The number of benzene rings is 7. The molecule has 0 amide bonds. The van der Waals surface area contributed by atoms with Gasteiger partial charge in [-0.1, -0.05) is 115 Å². The average molecular weight is 735 g/mol. The molecular formula is C53H42N4. The number of hydrogen-bond acceptors (Lipinski definition) is 4. The Hall–Kier alpha value is -7.43. The quantitative estimate of drug-likeness (QED) is 0.132. The third-order valence-corrected chi connectivity index (χ3v) is 10.3. The number of anilines is 8. The van der Waals surface area contributed by atoms with E-state index in [2.05, 4.69) is 233 Å². The van der Waals surface area contributed by atoms with Crippen molar-refractivity contribution < 1.29 is 0 Å². The molecule has 57 heavy (non-hydrogen) atoms. The first-order valence-corrected chi connectivity index (χ1v) is 19.5. The highest BCUT2D eigenvalue weighted by molar-refractivity contribution is 5.86. The zero-order valence-electron chi connectivity index (χ0n) is 31.6. The van der Waals surface area contributed by atoms with Crippen LogP contribution in [0.4, 0.5) is 45.5 Å². The van der Waals surface area contributed by atoms with E-state index in [0.29, 0.717) is 0 Å². The Bertz CT molecular complexity index is 2530. The van der Waals surface area contributed by atoms with Crippen molar-refractivity contribution in [1.29, 1.82) is 0 Å². The molecule has 0 N–H and O–H groups in total. The van der Waals surface area contributed by atoms with Crippen molar-refractivity contribution in [2.24, 2.45) is 0 Å². The van der Waals surface area contributed by atoms with Gasteiger partial charge in [-0.25, -0.2) is 0 Å². The largest absolute Gasteiger partial charge is 0.314 e.